The summed E-state index contributed by atoms with van der Waals surface area (Å²) >= 11 is 1.49. The van der Waals surface area contributed by atoms with E-state index in [1.165, 1.54) is 11.8 Å². The molecule has 3 aromatic rings. The van der Waals surface area contributed by atoms with E-state index in [1.807, 2.05) is 44.2 Å². The van der Waals surface area contributed by atoms with E-state index in [-0.39, 0.29) is 5.91 Å². The third-order valence-corrected chi connectivity index (χ3v) is 6.83. The fraction of sp³-hybridized carbons (Fsp3) is 0.368. The Hall–Kier alpha value is -2.26. The fourth-order valence-electron chi connectivity index (χ4n) is 3.22. The minimum atomic E-state index is -0.802. The van der Waals surface area contributed by atoms with Crippen LogP contribution < -0.4 is 0 Å². The van der Waals surface area contributed by atoms with Gasteiger partial charge in [-0.25, -0.2) is 9.50 Å². The van der Waals surface area contributed by atoms with Gasteiger partial charge >= 0.3 is 0 Å². The Labute approximate surface area is 170 Å². The number of benzene rings is 1. The summed E-state index contributed by atoms with van der Waals surface area (Å²) in [6.45, 7) is 5.01. The highest BCUT2D eigenvalue weighted by Crippen LogP contribution is 2.24. The van der Waals surface area contributed by atoms with Gasteiger partial charge in [0.1, 0.15) is 0 Å². The third kappa shape index (κ3) is 3.95. The van der Waals surface area contributed by atoms with E-state index >= 15 is 0 Å². The minimum Gasteiger partial charge on any atom is -0.337 e. The number of fused-ring (bicyclic) bond motifs is 1. The molecule has 1 fully saturated rings. The molecule has 1 amide bonds. The van der Waals surface area contributed by atoms with Gasteiger partial charge in [0.15, 0.2) is 0 Å². The lowest BCUT2D eigenvalue weighted by molar-refractivity contribution is 0.0770. The lowest BCUT2D eigenvalue weighted by Gasteiger charge is -2.27. The second-order valence-electron chi connectivity index (χ2n) is 6.73. The van der Waals surface area contributed by atoms with Crippen LogP contribution in [0.25, 0.3) is 5.78 Å². The molecule has 1 saturated heterocycles. The Balaban J connectivity index is 1.52. The fourth-order valence-corrected chi connectivity index (χ4v) is 5.09. The van der Waals surface area contributed by atoms with E-state index in [2.05, 4.69) is 15.1 Å². The summed E-state index contributed by atoms with van der Waals surface area (Å²) in [6, 6.07) is 9.60. The first kappa shape index (κ1) is 19.1. The molecule has 0 saturated carbocycles. The molecular weight excluding hydrogens is 394 g/mol. The number of aryl methyl sites for hydroxylation is 2. The minimum absolute atomic E-state index is 0.00370. The molecule has 0 radical (unpaired) electrons. The van der Waals surface area contributed by atoms with Gasteiger partial charge in [0.25, 0.3) is 11.7 Å². The number of nitrogens with zero attached hydrogens (tertiary/aromatic N) is 5. The molecule has 0 unspecified atom stereocenters. The van der Waals surface area contributed by atoms with Gasteiger partial charge in [0.05, 0.1) is 0 Å². The molecular formula is C19H21N5O2S2. The Kier molecular flexibility index (Phi) is 5.45. The summed E-state index contributed by atoms with van der Waals surface area (Å²) in [7, 11) is -0.802. The van der Waals surface area contributed by atoms with Crippen molar-refractivity contribution in [3.05, 3.63) is 52.8 Å². The average Bonchev–Trinajstić information content (AvgIpc) is 3.10. The molecule has 9 heteroatoms. The maximum Gasteiger partial charge on any atom is 0.254 e. The van der Waals surface area contributed by atoms with Crippen LogP contribution in [0.3, 0.4) is 0 Å². The summed E-state index contributed by atoms with van der Waals surface area (Å²) in [4.78, 5) is 23.6. The van der Waals surface area contributed by atoms with Crippen LogP contribution in [0.5, 0.6) is 0 Å². The smallest absolute Gasteiger partial charge is 0.254 e. The van der Waals surface area contributed by atoms with Crippen molar-refractivity contribution >= 4 is 34.2 Å². The molecule has 2 aromatic heterocycles. The molecule has 0 aliphatic carbocycles. The van der Waals surface area contributed by atoms with E-state index in [9.17, 15) is 9.00 Å². The molecule has 28 heavy (non-hydrogen) atoms. The van der Waals surface area contributed by atoms with Crippen LogP contribution in [0.2, 0.25) is 0 Å². The Morgan fingerprint density at radius 3 is 2.71 bits per heavy atom. The molecule has 0 bridgehead atoms. The second kappa shape index (κ2) is 8.00. The number of aromatic nitrogens is 4. The first-order valence-corrected chi connectivity index (χ1v) is 11.5. The predicted molar refractivity (Wildman–Crippen MR) is 110 cm³/mol. The van der Waals surface area contributed by atoms with Crippen molar-refractivity contribution in [2.24, 2.45) is 0 Å². The highest BCUT2D eigenvalue weighted by atomic mass is 32.2. The number of carbonyl (C=O) groups excluding carboxylic acids is 1. The van der Waals surface area contributed by atoms with Crippen LogP contribution in [0.4, 0.5) is 0 Å². The largest absolute Gasteiger partial charge is 0.337 e. The number of thioether (sulfide) groups is 1. The van der Waals surface area contributed by atoms with Crippen molar-refractivity contribution in [1.29, 1.82) is 0 Å². The number of amides is 1. The molecule has 7 nitrogen and oxygen atoms in total. The first-order valence-electron chi connectivity index (χ1n) is 9.07. The average molecular weight is 416 g/mol. The topological polar surface area (TPSA) is 80.5 Å². The van der Waals surface area contributed by atoms with Crippen LogP contribution in [0, 0.1) is 13.8 Å². The molecule has 0 N–H and O–H groups in total. The van der Waals surface area contributed by atoms with Crippen LogP contribution in [0.1, 0.15) is 27.3 Å². The Morgan fingerprint density at radius 2 is 1.93 bits per heavy atom. The summed E-state index contributed by atoms with van der Waals surface area (Å²) in [5, 5.41) is 5.15. The Bertz CT molecular complexity index is 1060. The molecule has 4 rings (SSSR count). The highest BCUT2D eigenvalue weighted by Gasteiger charge is 2.23. The molecule has 0 atom stereocenters. The van der Waals surface area contributed by atoms with E-state index in [0.29, 0.717) is 46.8 Å². The zero-order valence-corrected chi connectivity index (χ0v) is 17.4. The second-order valence-corrected chi connectivity index (χ2v) is 9.37. The van der Waals surface area contributed by atoms with E-state index < -0.39 is 10.8 Å². The van der Waals surface area contributed by atoms with Gasteiger partial charge in [-0.1, -0.05) is 30.0 Å². The van der Waals surface area contributed by atoms with Gasteiger partial charge in [-0.05, 0) is 31.5 Å². The van der Waals surface area contributed by atoms with Crippen molar-refractivity contribution < 1.29 is 9.00 Å². The van der Waals surface area contributed by atoms with Crippen molar-refractivity contribution in [1.82, 2.24) is 24.5 Å². The Morgan fingerprint density at radius 1 is 1.18 bits per heavy atom. The SMILES string of the molecule is Cc1cc(C)n2nc(SCc3ccccc3C(=O)N3CCS(=O)CC3)nc2n1. The lowest BCUT2D eigenvalue weighted by Crippen LogP contribution is -2.42. The monoisotopic (exact) mass is 415 g/mol. The number of hydrogen-bond acceptors (Lipinski definition) is 6. The quantitative estimate of drug-likeness (QED) is 0.608. The van der Waals surface area contributed by atoms with E-state index in [4.69, 9.17) is 0 Å². The summed E-state index contributed by atoms with van der Waals surface area (Å²) < 4.78 is 13.3. The third-order valence-electron chi connectivity index (χ3n) is 4.67. The summed E-state index contributed by atoms with van der Waals surface area (Å²) in [5.41, 5.74) is 3.53. The number of carbonyl (C=O) groups is 1. The van der Waals surface area contributed by atoms with E-state index in [1.54, 1.807) is 9.42 Å². The number of rotatable bonds is 4. The zero-order valence-electron chi connectivity index (χ0n) is 15.8. The van der Waals surface area contributed by atoms with Gasteiger partial charge in [-0.15, -0.1) is 5.10 Å². The molecule has 146 valence electrons. The van der Waals surface area contributed by atoms with Gasteiger partial charge in [0, 0.05) is 58.1 Å². The zero-order chi connectivity index (χ0) is 19.7. The number of hydrogen-bond donors (Lipinski definition) is 0. The summed E-state index contributed by atoms with van der Waals surface area (Å²) in [5.74, 6) is 2.30. The maximum absolute atomic E-state index is 12.9. The van der Waals surface area contributed by atoms with Crippen LogP contribution >= 0.6 is 11.8 Å². The predicted octanol–water partition coefficient (Wildman–Crippen LogP) is 2.24. The normalized spacial score (nSPS) is 15.3. The van der Waals surface area contributed by atoms with E-state index in [0.717, 1.165) is 17.0 Å². The van der Waals surface area contributed by atoms with Crippen LogP contribution in [-0.4, -0.2) is 59.2 Å². The standard InChI is InChI=1S/C19H21N5O2S2/c1-13-11-14(2)24-18(20-13)21-19(22-24)27-12-15-5-3-4-6-16(15)17(25)23-7-9-28(26)10-8-23/h3-6,11H,7-10,12H2,1-2H3. The molecule has 3 heterocycles. The molecule has 1 aliphatic heterocycles. The van der Waals surface area contributed by atoms with Crippen LogP contribution in [0.15, 0.2) is 35.5 Å². The van der Waals surface area contributed by atoms with Gasteiger partial charge in [-0.2, -0.15) is 4.98 Å². The molecule has 0 spiro atoms. The lowest BCUT2D eigenvalue weighted by atomic mass is 10.1. The highest BCUT2D eigenvalue weighted by molar-refractivity contribution is 7.98. The molecule has 1 aromatic carbocycles. The van der Waals surface area contributed by atoms with Gasteiger partial charge in [0.2, 0.25) is 5.16 Å². The van der Waals surface area contributed by atoms with Crippen molar-refractivity contribution in [3.8, 4) is 0 Å². The maximum atomic E-state index is 12.9. The summed E-state index contributed by atoms with van der Waals surface area (Å²) in [6.07, 6.45) is 0. The first-order chi connectivity index (χ1) is 13.5. The van der Waals surface area contributed by atoms with Crippen molar-refractivity contribution in [2.45, 2.75) is 24.8 Å². The van der Waals surface area contributed by atoms with Gasteiger partial charge in [-0.3, -0.25) is 9.00 Å². The van der Waals surface area contributed by atoms with Gasteiger partial charge < -0.3 is 4.90 Å². The van der Waals surface area contributed by atoms with Crippen LogP contribution in [-0.2, 0) is 16.6 Å². The molecule has 1 aliphatic rings. The van der Waals surface area contributed by atoms with Crippen molar-refractivity contribution in [3.63, 3.8) is 0 Å². The van der Waals surface area contributed by atoms with Crippen molar-refractivity contribution in [2.75, 3.05) is 24.6 Å².